The van der Waals surface area contributed by atoms with Gasteiger partial charge in [-0.3, -0.25) is 0 Å². The monoisotopic (exact) mass is 306 g/mol. The van der Waals surface area contributed by atoms with E-state index in [1.165, 1.54) is 0 Å². The minimum absolute atomic E-state index is 0.0919. The Bertz CT molecular complexity index is 613. The van der Waals surface area contributed by atoms with E-state index < -0.39 is 0 Å². The van der Waals surface area contributed by atoms with Crippen molar-refractivity contribution < 1.29 is 4.39 Å². The van der Waals surface area contributed by atoms with Gasteiger partial charge in [-0.25, -0.2) is 9.37 Å². The third-order valence-corrected chi connectivity index (χ3v) is 4.80. The second-order valence-electron chi connectivity index (χ2n) is 6.51. The van der Waals surface area contributed by atoms with Crippen molar-refractivity contribution in [2.24, 2.45) is 0 Å². The molecule has 0 aliphatic rings. The number of hydrogen-bond donors (Lipinski definition) is 1. The molecule has 0 saturated carbocycles. The standard InChI is InChI=1S/C17H23FN2S/c1-11-6-7-13(8-15(11)18)12(2)19-9-14-10-21-16(20-14)17(3,4)5/h6-8,10,12,19H,9H2,1-5H3. The summed E-state index contributed by atoms with van der Waals surface area (Å²) in [4.78, 5) is 4.66. The first-order valence-corrected chi connectivity index (χ1v) is 8.09. The lowest BCUT2D eigenvalue weighted by Gasteiger charge is -2.15. The number of aryl methyl sites for hydroxylation is 1. The molecule has 0 fully saturated rings. The van der Waals surface area contributed by atoms with Crippen molar-refractivity contribution in [2.75, 3.05) is 0 Å². The van der Waals surface area contributed by atoms with Crippen LogP contribution in [0.2, 0.25) is 0 Å². The highest BCUT2D eigenvalue weighted by Crippen LogP contribution is 2.25. The molecule has 2 rings (SSSR count). The predicted molar refractivity (Wildman–Crippen MR) is 87.2 cm³/mol. The van der Waals surface area contributed by atoms with E-state index in [4.69, 9.17) is 0 Å². The number of aromatic nitrogens is 1. The van der Waals surface area contributed by atoms with Gasteiger partial charge in [-0.05, 0) is 31.0 Å². The van der Waals surface area contributed by atoms with E-state index in [9.17, 15) is 4.39 Å². The molecule has 1 heterocycles. The van der Waals surface area contributed by atoms with Gasteiger partial charge in [-0.1, -0.05) is 32.9 Å². The molecule has 1 aromatic heterocycles. The zero-order valence-electron chi connectivity index (χ0n) is 13.3. The summed E-state index contributed by atoms with van der Waals surface area (Å²) >= 11 is 1.70. The van der Waals surface area contributed by atoms with Gasteiger partial charge in [-0.15, -0.1) is 11.3 Å². The molecular weight excluding hydrogens is 283 g/mol. The van der Waals surface area contributed by atoms with Gasteiger partial charge in [0.1, 0.15) is 5.82 Å². The molecule has 0 aliphatic heterocycles. The van der Waals surface area contributed by atoms with E-state index >= 15 is 0 Å². The first-order valence-electron chi connectivity index (χ1n) is 7.21. The Morgan fingerprint density at radius 3 is 2.62 bits per heavy atom. The fourth-order valence-electron chi connectivity index (χ4n) is 1.99. The largest absolute Gasteiger partial charge is 0.305 e. The Morgan fingerprint density at radius 2 is 2.05 bits per heavy atom. The van der Waals surface area contributed by atoms with Crippen molar-refractivity contribution in [2.45, 2.75) is 52.6 Å². The highest BCUT2D eigenvalue weighted by atomic mass is 32.1. The predicted octanol–water partition coefficient (Wildman–Crippen LogP) is 4.74. The van der Waals surface area contributed by atoms with Crippen LogP contribution in [0.5, 0.6) is 0 Å². The lowest BCUT2D eigenvalue weighted by Crippen LogP contribution is -2.19. The van der Waals surface area contributed by atoms with Crippen molar-refractivity contribution in [1.29, 1.82) is 0 Å². The SMILES string of the molecule is Cc1ccc(C(C)NCc2csc(C(C)(C)C)n2)cc1F. The molecule has 0 spiro atoms. The third kappa shape index (κ3) is 4.11. The summed E-state index contributed by atoms with van der Waals surface area (Å²) in [6.07, 6.45) is 0. The maximum absolute atomic E-state index is 13.6. The molecule has 0 radical (unpaired) electrons. The summed E-state index contributed by atoms with van der Waals surface area (Å²) in [5.41, 5.74) is 2.78. The summed E-state index contributed by atoms with van der Waals surface area (Å²) in [5, 5.41) is 6.64. The van der Waals surface area contributed by atoms with Gasteiger partial charge in [0.2, 0.25) is 0 Å². The molecule has 0 bridgehead atoms. The molecule has 1 N–H and O–H groups in total. The molecular formula is C17H23FN2S. The van der Waals surface area contributed by atoms with Gasteiger partial charge in [0.05, 0.1) is 10.7 Å². The Balaban J connectivity index is 1.99. The van der Waals surface area contributed by atoms with Crippen LogP contribution in [0, 0.1) is 12.7 Å². The maximum atomic E-state index is 13.6. The fraction of sp³-hybridized carbons (Fsp3) is 0.471. The van der Waals surface area contributed by atoms with Crippen LogP contribution in [0.15, 0.2) is 23.6 Å². The van der Waals surface area contributed by atoms with Crippen LogP contribution in [0.4, 0.5) is 4.39 Å². The highest BCUT2D eigenvalue weighted by molar-refractivity contribution is 7.09. The molecule has 0 amide bonds. The topological polar surface area (TPSA) is 24.9 Å². The molecule has 1 atom stereocenters. The van der Waals surface area contributed by atoms with E-state index in [2.05, 4.69) is 36.5 Å². The Labute approximate surface area is 130 Å². The molecule has 0 aliphatic carbocycles. The Morgan fingerprint density at radius 1 is 1.33 bits per heavy atom. The molecule has 0 saturated heterocycles. The maximum Gasteiger partial charge on any atom is 0.126 e. The van der Waals surface area contributed by atoms with Gasteiger partial charge in [0.25, 0.3) is 0 Å². The molecule has 4 heteroatoms. The lowest BCUT2D eigenvalue weighted by atomic mass is 9.98. The van der Waals surface area contributed by atoms with Crippen molar-refractivity contribution >= 4 is 11.3 Å². The summed E-state index contributed by atoms with van der Waals surface area (Å²) < 4.78 is 13.6. The van der Waals surface area contributed by atoms with Gasteiger partial charge < -0.3 is 5.32 Å². The first kappa shape index (κ1) is 16.1. The van der Waals surface area contributed by atoms with Gasteiger partial charge in [-0.2, -0.15) is 0 Å². The lowest BCUT2D eigenvalue weighted by molar-refractivity contribution is 0.550. The molecule has 21 heavy (non-hydrogen) atoms. The summed E-state index contributed by atoms with van der Waals surface area (Å²) in [6.45, 7) is 11.0. The second kappa shape index (κ2) is 6.24. The van der Waals surface area contributed by atoms with Crippen molar-refractivity contribution in [3.8, 4) is 0 Å². The quantitative estimate of drug-likeness (QED) is 0.882. The third-order valence-electron chi connectivity index (χ3n) is 3.48. The van der Waals surface area contributed by atoms with Crippen LogP contribution in [-0.4, -0.2) is 4.98 Å². The molecule has 2 aromatic rings. The summed E-state index contributed by atoms with van der Waals surface area (Å²) in [6, 6.07) is 5.50. The minimum Gasteiger partial charge on any atom is -0.305 e. The Kier molecular flexibility index (Phi) is 4.79. The van der Waals surface area contributed by atoms with E-state index in [-0.39, 0.29) is 17.3 Å². The second-order valence-corrected chi connectivity index (χ2v) is 7.36. The number of hydrogen-bond acceptors (Lipinski definition) is 3. The summed E-state index contributed by atoms with van der Waals surface area (Å²) in [5.74, 6) is -0.148. The van der Waals surface area contributed by atoms with Gasteiger partial charge >= 0.3 is 0 Å². The number of thiazole rings is 1. The zero-order valence-corrected chi connectivity index (χ0v) is 14.1. The summed E-state index contributed by atoms with van der Waals surface area (Å²) in [7, 11) is 0. The normalized spacial score (nSPS) is 13.4. The van der Waals surface area contributed by atoms with Crippen LogP contribution in [0.25, 0.3) is 0 Å². The van der Waals surface area contributed by atoms with Crippen molar-refractivity contribution in [3.63, 3.8) is 0 Å². The number of benzene rings is 1. The smallest absolute Gasteiger partial charge is 0.126 e. The van der Waals surface area contributed by atoms with Crippen LogP contribution >= 0.6 is 11.3 Å². The van der Waals surface area contributed by atoms with E-state index in [1.54, 1.807) is 24.3 Å². The number of rotatable bonds is 4. The van der Waals surface area contributed by atoms with Crippen LogP contribution in [0.1, 0.15) is 55.6 Å². The average Bonchev–Trinajstić information content (AvgIpc) is 2.88. The molecule has 2 nitrogen and oxygen atoms in total. The van der Waals surface area contributed by atoms with E-state index in [1.807, 2.05) is 19.1 Å². The number of nitrogens with zero attached hydrogens (tertiary/aromatic N) is 1. The number of nitrogens with one attached hydrogen (secondary N) is 1. The van der Waals surface area contributed by atoms with Crippen LogP contribution in [0.3, 0.4) is 0 Å². The fourth-order valence-corrected chi connectivity index (χ4v) is 2.89. The van der Waals surface area contributed by atoms with Gasteiger partial charge in [0.15, 0.2) is 0 Å². The first-order chi connectivity index (χ1) is 9.77. The molecule has 1 aromatic carbocycles. The minimum atomic E-state index is -0.148. The van der Waals surface area contributed by atoms with Crippen molar-refractivity contribution in [1.82, 2.24) is 10.3 Å². The number of halogens is 1. The molecule has 114 valence electrons. The Hall–Kier alpha value is -1.26. The highest BCUT2D eigenvalue weighted by Gasteiger charge is 2.18. The van der Waals surface area contributed by atoms with Gasteiger partial charge in [0, 0.05) is 23.4 Å². The zero-order chi connectivity index (χ0) is 15.6. The van der Waals surface area contributed by atoms with E-state index in [0.717, 1.165) is 16.3 Å². The van der Waals surface area contributed by atoms with Crippen LogP contribution in [-0.2, 0) is 12.0 Å². The van der Waals surface area contributed by atoms with Crippen molar-refractivity contribution in [3.05, 3.63) is 51.2 Å². The average molecular weight is 306 g/mol. The molecule has 1 unspecified atom stereocenters. The van der Waals surface area contributed by atoms with E-state index in [0.29, 0.717) is 12.1 Å². The van der Waals surface area contributed by atoms with Crippen LogP contribution < -0.4 is 5.32 Å².